The number of ether oxygens (including phenoxy) is 1. The fourth-order valence-corrected chi connectivity index (χ4v) is 5.75. The van der Waals surface area contributed by atoms with Gasteiger partial charge in [0, 0.05) is 57.9 Å². The Morgan fingerprint density at radius 1 is 1.03 bits per heavy atom. The lowest BCUT2D eigenvalue weighted by atomic mass is 10.1. The topological polar surface area (TPSA) is 82.2 Å². The molecule has 1 fully saturated rings. The van der Waals surface area contributed by atoms with Crippen LogP contribution in [-0.2, 0) is 23.1 Å². The molecule has 9 heteroatoms. The number of benzene rings is 2. The molecule has 0 spiro atoms. The minimum absolute atomic E-state index is 0.000485. The monoisotopic (exact) mass is 488 g/mol. The first-order valence-corrected chi connectivity index (χ1v) is 13.2. The normalized spacial score (nSPS) is 15.4. The lowest BCUT2D eigenvalue weighted by Crippen LogP contribution is -2.43. The van der Waals surface area contributed by atoms with Crippen molar-refractivity contribution in [3.63, 3.8) is 0 Å². The SMILES string of the molecule is CCN(CC)S(=O)(=O)c1cc(C(=O)NCc2cccc(CN3CCN(C)CC3)c2)ccc1OC. The molecule has 0 aromatic heterocycles. The van der Waals surface area contributed by atoms with Crippen molar-refractivity contribution in [3.05, 3.63) is 59.2 Å². The molecular weight excluding hydrogens is 452 g/mol. The summed E-state index contributed by atoms with van der Waals surface area (Å²) in [6.07, 6.45) is 0. The quantitative estimate of drug-likeness (QED) is 0.553. The zero-order chi connectivity index (χ0) is 24.7. The molecule has 1 amide bonds. The molecule has 0 bridgehead atoms. The van der Waals surface area contributed by atoms with E-state index in [0.717, 1.165) is 38.3 Å². The maximum atomic E-state index is 13.1. The van der Waals surface area contributed by atoms with Crippen molar-refractivity contribution < 1.29 is 17.9 Å². The molecule has 186 valence electrons. The number of nitrogens with one attached hydrogen (secondary N) is 1. The summed E-state index contributed by atoms with van der Waals surface area (Å²) < 4.78 is 32.7. The van der Waals surface area contributed by atoms with Crippen molar-refractivity contribution in [2.24, 2.45) is 0 Å². The highest BCUT2D eigenvalue weighted by Gasteiger charge is 2.26. The Bertz CT molecular complexity index is 1080. The lowest BCUT2D eigenvalue weighted by molar-refractivity contribution is 0.0950. The zero-order valence-electron chi connectivity index (χ0n) is 20.6. The number of hydrogen-bond acceptors (Lipinski definition) is 6. The van der Waals surface area contributed by atoms with E-state index in [1.54, 1.807) is 19.9 Å². The van der Waals surface area contributed by atoms with Crippen molar-refractivity contribution in [2.75, 3.05) is 53.4 Å². The third-order valence-corrected chi connectivity index (χ3v) is 8.27. The molecule has 0 unspecified atom stereocenters. The van der Waals surface area contributed by atoms with Crippen molar-refractivity contribution in [1.82, 2.24) is 19.4 Å². The van der Waals surface area contributed by atoms with Crippen LogP contribution in [0.5, 0.6) is 5.75 Å². The molecule has 3 rings (SSSR count). The molecule has 1 aliphatic rings. The Labute approximate surface area is 203 Å². The minimum atomic E-state index is -3.77. The molecular formula is C25H36N4O4S. The van der Waals surface area contributed by atoms with Gasteiger partial charge in [0.1, 0.15) is 10.6 Å². The number of nitrogens with zero attached hydrogens (tertiary/aromatic N) is 3. The highest BCUT2D eigenvalue weighted by molar-refractivity contribution is 7.89. The number of carbonyl (C=O) groups is 1. The molecule has 1 heterocycles. The van der Waals surface area contributed by atoms with Crippen LogP contribution in [0.25, 0.3) is 0 Å². The maximum Gasteiger partial charge on any atom is 0.251 e. The molecule has 0 saturated carbocycles. The van der Waals surface area contributed by atoms with Crippen molar-refractivity contribution in [1.29, 1.82) is 0 Å². The van der Waals surface area contributed by atoms with Crippen LogP contribution in [0.4, 0.5) is 0 Å². The third-order valence-electron chi connectivity index (χ3n) is 6.20. The summed E-state index contributed by atoms with van der Waals surface area (Å²) in [6, 6.07) is 12.7. The van der Waals surface area contributed by atoms with Gasteiger partial charge in [-0.25, -0.2) is 8.42 Å². The lowest BCUT2D eigenvalue weighted by Gasteiger charge is -2.32. The summed E-state index contributed by atoms with van der Waals surface area (Å²) in [6.45, 7) is 9.73. The van der Waals surface area contributed by atoms with Crippen LogP contribution in [0.2, 0.25) is 0 Å². The van der Waals surface area contributed by atoms with Gasteiger partial charge < -0.3 is 15.0 Å². The zero-order valence-corrected chi connectivity index (χ0v) is 21.4. The fourth-order valence-electron chi connectivity index (χ4n) is 4.11. The number of hydrogen-bond donors (Lipinski definition) is 1. The molecule has 8 nitrogen and oxygen atoms in total. The van der Waals surface area contributed by atoms with Crippen LogP contribution in [-0.4, -0.2) is 81.9 Å². The largest absolute Gasteiger partial charge is 0.495 e. The second-order valence-corrected chi connectivity index (χ2v) is 10.4. The van der Waals surface area contributed by atoms with Crippen LogP contribution >= 0.6 is 0 Å². The number of piperazine rings is 1. The van der Waals surface area contributed by atoms with Crippen LogP contribution in [0.1, 0.15) is 35.3 Å². The molecule has 0 atom stereocenters. The van der Waals surface area contributed by atoms with Gasteiger partial charge in [0.05, 0.1) is 7.11 Å². The molecule has 34 heavy (non-hydrogen) atoms. The molecule has 2 aromatic rings. The van der Waals surface area contributed by atoms with Gasteiger partial charge >= 0.3 is 0 Å². The number of likely N-dealkylation sites (N-methyl/N-ethyl adjacent to an activating group) is 1. The molecule has 0 radical (unpaired) electrons. The van der Waals surface area contributed by atoms with Crippen molar-refractivity contribution in [3.8, 4) is 5.75 Å². The summed E-state index contributed by atoms with van der Waals surface area (Å²) in [5.74, 6) is -0.108. The van der Waals surface area contributed by atoms with E-state index in [4.69, 9.17) is 4.74 Å². The summed E-state index contributed by atoms with van der Waals surface area (Å²) >= 11 is 0. The van der Waals surface area contributed by atoms with Crippen LogP contribution in [0, 0.1) is 0 Å². The highest BCUT2D eigenvalue weighted by Crippen LogP contribution is 2.28. The summed E-state index contributed by atoms with van der Waals surface area (Å²) in [4.78, 5) is 17.6. The standard InChI is InChI=1S/C25H36N4O4S/c1-5-29(6-2)34(31,32)24-17-22(10-11-23(24)33-4)25(30)26-18-20-8-7-9-21(16-20)19-28-14-12-27(3)13-15-28/h7-11,16-17H,5-6,12-15,18-19H2,1-4H3,(H,26,30). The number of methoxy groups -OCH3 is 1. The molecule has 1 N–H and O–H groups in total. The Morgan fingerprint density at radius 2 is 1.71 bits per heavy atom. The van der Waals surface area contributed by atoms with E-state index in [1.165, 1.54) is 29.1 Å². The predicted molar refractivity (Wildman–Crippen MR) is 133 cm³/mol. The van der Waals surface area contributed by atoms with Gasteiger partial charge in [-0.1, -0.05) is 38.1 Å². The molecule has 1 aliphatic heterocycles. The minimum Gasteiger partial charge on any atom is -0.495 e. The van der Waals surface area contributed by atoms with Gasteiger partial charge in [-0.15, -0.1) is 0 Å². The fraction of sp³-hybridized carbons (Fsp3) is 0.480. The summed E-state index contributed by atoms with van der Waals surface area (Å²) in [5, 5.41) is 2.92. The first kappa shape index (κ1) is 26.2. The van der Waals surface area contributed by atoms with Gasteiger partial charge in [-0.2, -0.15) is 4.31 Å². The van der Waals surface area contributed by atoms with Crippen LogP contribution in [0.15, 0.2) is 47.4 Å². The number of carbonyl (C=O) groups excluding carboxylic acids is 1. The Kier molecular flexibility index (Phi) is 9.07. The van der Waals surface area contributed by atoms with Crippen molar-refractivity contribution >= 4 is 15.9 Å². The van der Waals surface area contributed by atoms with E-state index >= 15 is 0 Å². The van der Waals surface area contributed by atoms with Gasteiger partial charge in [0.25, 0.3) is 5.91 Å². The van der Waals surface area contributed by atoms with E-state index in [1.807, 2.05) is 12.1 Å². The predicted octanol–water partition coefficient (Wildman–Crippen LogP) is 2.40. The van der Waals surface area contributed by atoms with Crippen molar-refractivity contribution in [2.45, 2.75) is 31.8 Å². The first-order valence-electron chi connectivity index (χ1n) is 11.7. The summed E-state index contributed by atoms with van der Waals surface area (Å²) in [5.41, 5.74) is 2.50. The second-order valence-electron chi connectivity index (χ2n) is 8.54. The molecule has 1 saturated heterocycles. The van der Waals surface area contributed by atoms with E-state index in [0.29, 0.717) is 19.6 Å². The smallest absolute Gasteiger partial charge is 0.251 e. The Morgan fingerprint density at radius 3 is 2.35 bits per heavy atom. The van der Waals surface area contributed by atoms with Gasteiger partial charge in [-0.3, -0.25) is 9.69 Å². The van der Waals surface area contributed by atoms with Crippen LogP contribution < -0.4 is 10.1 Å². The first-order chi connectivity index (χ1) is 16.3. The molecule has 0 aliphatic carbocycles. The van der Waals surface area contributed by atoms with E-state index < -0.39 is 10.0 Å². The highest BCUT2D eigenvalue weighted by atomic mass is 32.2. The summed E-state index contributed by atoms with van der Waals surface area (Å²) in [7, 11) is -0.203. The average Bonchev–Trinajstić information content (AvgIpc) is 2.84. The maximum absolute atomic E-state index is 13.1. The van der Waals surface area contributed by atoms with Gasteiger partial charge in [0.15, 0.2) is 0 Å². The Balaban J connectivity index is 1.69. The number of sulfonamides is 1. The number of rotatable bonds is 10. The second kappa shape index (κ2) is 11.8. The van der Waals surface area contributed by atoms with E-state index in [-0.39, 0.29) is 22.1 Å². The number of amides is 1. The van der Waals surface area contributed by atoms with E-state index in [2.05, 4.69) is 34.3 Å². The van der Waals surface area contributed by atoms with Crippen LogP contribution in [0.3, 0.4) is 0 Å². The molecule has 2 aromatic carbocycles. The Hall–Kier alpha value is -2.46. The third kappa shape index (κ3) is 6.35. The average molecular weight is 489 g/mol. The van der Waals surface area contributed by atoms with Gasteiger partial charge in [0.2, 0.25) is 10.0 Å². The van der Waals surface area contributed by atoms with Gasteiger partial charge in [-0.05, 0) is 36.4 Å². The van der Waals surface area contributed by atoms with E-state index in [9.17, 15) is 13.2 Å².